The third kappa shape index (κ3) is 3.06. The molecular formula is C14H11BrN2O5. The van der Waals surface area contributed by atoms with Gasteiger partial charge in [-0.3, -0.25) is 20.2 Å². The first kappa shape index (κ1) is 15.9. The Kier molecular flexibility index (Phi) is 4.71. The number of nitro groups is 2. The summed E-state index contributed by atoms with van der Waals surface area (Å²) < 4.78 is 5.04. The second-order valence-corrected chi connectivity index (χ2v) is 4.93. The van der Waals surface area contributed by atoms with Gasteiger partial charge in [-0.2, -0.15) is 0 Å². The molecule has 2 aromatic carbocycles. The molecule has 2 rings (SSSR count). The van der Waals surface area contributed by atoms with Crippen molar-refractivity contribution in [3.63, 3.8) is 0 Å². The van der Waals surface area contributed by atoms with Crippen molar-refractivity contribution in [3.8, 4) is 16.9 Å². The number of hydrogen-bond donors (Lipinski definition) is 0. The summed E-state index contributed by atoms with van der Waals surface area (Å²) in [5, 5.41) is 22.4. The number of nitro benzene ring substituents is 2. The van der Waals surface area contributed by atoms with Crippen LogP contribution in [0.3, 0.4) is 0 Å². The normalized spacial score (nSPS) is 10.3. The van der Waals surface area contributed by atoms with Crippen LogP contribution in [0.2, 0.25) is 0 Å². The quantitative estimate of drug-likeness (QED) is 0.451. The lowest BCUT2D eigenvalue weighted by Crippen LogP contribution is -2.00. The molecule has 2 aromatic rings. The van der Waals surface area contributed by atoms with Gasteiger partial charge >= 0.3 is 0 Å². The van der Waals surface area contributed by atoms with Crippen LogP contribution in [0.5, 0.6) is 5.75 Å². The molecule has 0 saturated carbocycles. The summed E-state index contributed by atoms with van der Waals surface area (Å²) in [5.41, 5.74) is 0.528. The number of ether oxygens (including phenoxy) is 1. The molecule has 22 heavy (non-hydrogen) atoms. The number of methoxy groups -OCH3 is 1. The van der Waals surface area contributed by atoms with Crippen molar-refractivity contribution in [1.29, 1.82) is 0 Å². The number of rotatable bonds is 5. The van der Waals surface area contributed by atoms with E-state index in [9.17, 15) is 20.2 Å². The van der Waals surface area contributed by atoms with E-state index in [2.05, 4.69) is 15.9 Å². The van der Waals surface area contributed by atoms with Crippen LogP contribution >= 0.6 is 15.9 Å². The molecule has 0 aliphatic carbocycles. The first-order valence-electron chi connectivity index (χ1n) is 6.14. The van der Waals surface area contributed by atoms with Gasteiger partial charge in [-0.25, -0.2) is 0 Å². The fourth-order valence-corrected chi connectivity index (χ4v) is 2.63. The summed E-state index contributed by atoms with van der Waals surface area (Å²) in [5.74, 6) is 0.629. The highest BCUT2D eigenvalue weighted by atomic mass is 79.9. The van der Waals surface area contributed by atoms with Crippen LogP contribution in [0.15, 0.2) is 36.4 Å². The Labute approximate surface area is 134 Å². The first-order chi connectivity index (χ1) is 10.5. The summed E-state index contributed by atoms with van der Waals surface area (Å²) >= 11 is 3.07. The van der Waals surface area contributed by atoms with Crippen molar-refractivity contribution in [3.05, 3.63) is 62.2 Å². The highest BCUT2D eigenvalue weighted by Gasteiger charge is 2.26. The van der Waals surface area contributed by atoms with Gasteiger partial charge in [0.05, 0.1) is 17.0 Å². The van der Waals surface area contributed by atoms with E-state index in [1.165, 1.54) is 19.2 Å². The van der Waals surface area contributed by atoms with Crippen molar-refractivity contribution >= 4 is 27.3 Å². The summed E-state index contributed by atoms with van der Waals surface area (Å²) in [7, 11) is 1.52. The molecule has 0 fully saturated rings. The predicted molar refractivity (Wildman–Crippen MR) is 84.4 cm³/mol. The highest BCUT2D eigenvalue weighted by Crippen LogP contribution is 2.36. The minimum Gasteiger partial charge on any atom is -0.497 e. The number of hydrogen-bond acceptors (Lipinski definition) is 5. The van der Waals surface area contributed by atoms with Gasteiger partial charge in [0, 0.05) is 17.5 Å². The van der Waals surface area contributed by atoms with E-state index < -0.39 is 9.85 Å². The summed E-state index contributed by atoms with van der Waals surface area (Å²) in [6, 6.07) is 9.43. The van der Waals surface area contributed by atoms with Crippen molar-refractivity contribution in [2.75, 3.05) is 7.11 Å². The van der Waals surface area contributed by atoms with Crippen molar-refractivity contribution in [2.24, 2.45) is 0 Å². The molecule has 0 aromatic heterocycles. The van der Waals surface area contributed by atoms with Crippen molar-refractivity contribution < 1.29 is 14.6 Å². The minimum atomic E-state index is -0.614. The van der Waals surface area contributed by atoms with Gasteiger partial charge < -0.3 is 4.74 Å². The maximum Gasteiger partial charge on any atom is 0.280 e. The zero-order valence-corrected chi connectivity index (χ0v) is 13.1. The van der Waals surface area contributed by atoms with E-state index in [1.54, 1.807) is 24.3 Å². The van der Waals surface area contributed by atoms with Gasteiger partial charge in [0.25, 0.3) is 11.4 Å². The molecule has 0 N–H and O–H groups in total. The highest BCUT2D eigenvalue weighted by molar-refractivity contribution is 9.08. The summed E-state index contributed by atoms with van der Waals surface area (Å²) in [4.78, 5) is 21.1. The molecule has 114 valence electrons. The SMILES string of the molecule is COc1ccc(-c2cc([N+](=O)[O-])c(CBr)c([N+](=O)[O-])c2)cc1. The number of halogens is 1. The van der Waals surface area contributed by atoms with Crippen LogP contribution in [0.1, 0.15) is 5.56 Å². The van der Waals surface area contributed by atoms with Crippen molar-refractivity contribution in [2.45, 2.75) is 5.33 Å². The van der Waals surface area contributed by atoms with Crippen LogP contribution in [0, 0.1) is 20.2 Å². The van der Waals surface area contributed by atoms with Gasteiger partial charge in [-0.05, 0) is 23.3 Å². The Morgan fingerprint density at radius 3 is 1.86 bits per heavy atom. The Morgan fingerprint density at radius 2 is 1.50 bits per heavy atom. The molecule has 0 heterocycles. The van der Waals surface area contributed by atoms with E-state index >= 15 is 0 Å². The lowest BCUT2D eigenvalue weighted by Gasteiger charge is -2.07. The van der Waals surface area contributed by atoms with Crippen LogP contribution in [0.25, 0.3) is 11.1 Å². The monoisotopic (exact) mass is 366 g/mol. The molecule has 0 spiro atoms. The van der Waals surface area contributed by atoms with Crippen LogP contribution in [-0.4, -0.2) is 17.0 Å². The number of benzene rings is 2. The Morgan fingerprint density at radius 1 is 1.00 bits per heavy atom. The molecule has 0 aliphatic heterocycles. The van der Waals surface area contributed by atoms with E-state index in [0.29, 0.717) is 16.9 Å². The van der Waals surface area contributed by atoms with Gasteiger partial charge in [0.1, 0.15) is 11.3 Å². The second-order valence-electron chi connectivity index (χ2n) is 4.37. The van der Waals surface area contributed by atoms with Crippen LogP contribution < -0.4 is 4.74 Å². The summed E-state index contributed by atoms with van der Waals surface area (Å²) in [6.07, 6.45) is 0. The lowest BCUT2D eigenvalue weighted by molar-refractivity contribution is -0.395. The molecule has 0 unspecified atom stereocenters. The fourth-order valence-electron chi connectivity index (χ4n) is 2.05. The van der Waals surface area contributed by atoms with E-state index in [-0.39, 0.29) is 22.3 Å². The average molecular weight is 367 g/mol. The standard InChI is InChI=1S/C14H11BrN2O5/c1-22-11-4-2-9(3-5-11)10-6-13(16(18)19)12(8-15)14(7-10)17(20)21/h2-7H,8H2,1H3. The molecule has 0 bridgehead atoms. The lowest BCUT2D eigenvalue weighted by atomic mass is 10.0. The topological polar surface area (TPSA) is 95.5 Å². The van der Waals surface area contributed by atoms with Gasteiger partial charge in [0.15, 0.2) is 0 Å². The summed E-state index contributed by atoms with van der Waals surface area (Å²) in [6.45, 7) is 0. The molecule has 0 amide bonds. The molecule has 0 aliphatic rings. The van der Waals surface area contributed by atoms with E-state index in [4.69, 9.17) is 4.74 Å². The third-order valence-electron chi connectivity index (χ3n) is 3.15. The largest absolute Gasteiger partial charge is 0.497 e. The van der Waals surface area contributed by atoms with E-state index in [1.807, 2.05) is 0 Å². The molecular weight excluding hydrogens is 356 g/mol. The number of nitrogens with zero attached hydrogens (tertiary/aromatic N) is 2. The zero-order valence-electron chi connectivity index (χ0n) is 11.5. The van der Waals surface area contributed by atoms with Gasteiger partial charge in [-0.1, -0.05) is 28.1 Å². The predicted octanol–water partition coefficient (Wildman–Crippen LogP) is 4.07. The second kappa shape index (κ2) is 6.52. The fraction of sp³-hybridized carbons (Fsp3) is 0.143. The van der Waals surface area contributed by atoms with E-state index in [0.717, 1.165) is 0 Å². The van der Waals surface area contributed by atoms with Crippen LogP contribution in [0.4, 0.5) is 11.4 Å². The third-order valence-corrected chi connectivity index (χ3v) is 3.71. The maximum atomic E-state index is 11.2. The Bertz CT molecular complexity index is 696. The van der Waals surface area contributed by atoms with Gasteiger partial charge in [-0.15, -0.1) is 0 Å². The molecule has 0 radical (unpaired) electrons. The zero-order chi connectivity index (χ0) is 16.3. The van der Waals surface area contributed by atoms with Gasteiger partial charge in [0.2, 0.25) is 0 Å². The average Bonchev–Trinajstić information content (AvgIpc) is 2.53. The molecule has 7 nitrogen and oxygen atoms in total. The Hall–Kier alpha value is -2.48. The smallest absolute Gasteiger partial charge is 0.280 e. The van der Waals surface area contributed by atoms with Crippen molar-refractivity contribution in [1.82, 2.24) is 0 Å². The first-order valence-corrected chi connectivity index (χ1v) is 7.26. The Balaban J connectivity index is 2.65. The molecule has 0 atom stereocenters. The molecule has 8 heteroatoms. The van der Waals surface area contributed by atoms with Crippen LogP contribution in [-0.2, 0) is 5.33 Å². The minimum absolute atomic E-state index is 0.0303. The maximum absolute atomic E-state index is 11.2. The molecule has 0 saturated heterocycles. The number of alkyl halides is 1.